The van der Waals surface area contributed by atoms with Gasteiger partial charge >= 0.3 is 0 Å². The Morgan fingerprint density at radius 2 is 1.66 bits per heavy atom. The number of benzene rings is 2. The van der Waals surface area contributed by atoms with E-state index in [2.05, 4.69) is 5.32 Å². The first-order valence-electron chi connectivity index (χ1n) is 10.9. The number of carbonyl (C=O) groups excluding carboxylic acids is 2. The molecule has 4 rings (SSSR count). The number of methoxy groups -OCH3 is 2. The molecule has 2 aromatic carbocycles. The summed E-state index contributed by atoms with van der Waals surface area (Å²) < 4.78 is 16.8. The number of Topliss-reactive ketones (excluding diaryl/α,β-unsaturated/α-hetero) is 1. The van der Waals surface area contributed by atoms with Crippen LogP contribution in [0.25, 0.3) is 0 Å². The number of amides is 1. The maximum absolute atomic E-state index is 13.4. The van der Waals surface area contributed by atoms with Gasteiger partial charge in [-0.25, -0.2) is 0 Å². The van der Waals surface area contributed by atoms with Gasteiger partial charge in [0.1, 0.15) is 5.75 Å². The fourth-order valence-corrected chi connectivity index (χ4v) is 4.71. The molecule has 2 aromatic rings. The molecular weight excluding hydrogens is 406 g/mol. The zero-order valence-electron chi connectivity index (χ0n) is 18.9. The minimum absolute atomic E-state index is 0.0306. The van der Waals surface area contributed by atoms with E-state index in [1.807, 2.05) is 56.3 Å². The standard InChI is InChI=1S/C26H29NO5/c1-15(2)32-23-10-9-16(13-24(23)31-4)17-11-20-26(21(28)12-17)19(14-25(29)27-20)18-7-5-6-8-22(18)30-3/h5-10,13,15,17,19H,11-12,14H2,1-4H3,(H,27,29). The van der Waals surface area contributed by atoms with Gasteiger partial charge in [-0.05, 0) is 49.9 Å². The van der Waals surface area contributed by atoms with E-state index >= 15 is 0 Å². The van der Waals surface area contributed by atoms with Gasteiger partial charge in [-0.1, -0.05) is 24.3 Å². The summed E-state index contributed by atoms with van der Waals surface area (Å²) in [4.78, 5) is 25.9. The molecule has 6 nitrogen and oxygen atoms in total. The van der Waals surface area contributed by atoms with Crippen molar-refractivity contribution in [1.29, 1.82) is 0 Å². The lowest BCUT2D eigenvalue weighted by Gasteiger charge is -2.35. The van der Waals surface area contributed by atoms with Gasteiger partial charge in [0, 0.05) is 35.6 Å². The highest BCUT2D eigenvalue weighted by Crippen LogP contribution is 2.45. The van der Waals surface area contributed by atoms with Gasteiger partial charge in [-0.15, -0.1) is 0 Å². The summed E-state index contributed by atoms with van der Waals surface area (Å²) in [5, 5.41) is 2.97. The number of hydrogen-bond donors (Lipinski definition) is 1. The van der Waals surface area contributed by atoms with Crippen LogP contribution in [0.4, 0.5) is 0 Å². The lowest BCUT2D eigenvalue weighted by atomic mass is 9.73. The quantitative estimate of drug-likeness (QED) is 0.723. The van der Waals surface area contributed by atoms with Crippen LogP contribution in [-0.4, -0.2) is 32.0 Å². The Labute approximate surface area is 188 Å². The largest absolute Gasteiger partial charge is 0.496 e. The van der Waals surface area contributed by atoms with Crippen molar-refractivity contribution in [3.63, 3.8) is 0 Å². The van der Waals surface area contributed by atoms with E-state index in [1.54, 1.807) is 14.2 Å². The van der Waals surface area contributed by atoms with Gasteiger partial charge in [0.25, 0.3) is 0 Å². The highest BCUT2D eigenvalue weighted by molar-refractivity contribution is 6.02. The molecule has 1 N–H and O–H groups in total. The smallest absolute Gasteiger partial charge is 0.225 e. The number of hydrogen-bond acceptors (Lipinski definition) is 5. The molecule has 0 radical (unpaired) electrons. The lowest BCUT2D eigenvalue weighted by molar-refractivity contribution is -0.122. The number of allylic oxidation sites excluding steroid dienone is 2. The van der Waals surface area contributed by atoms with Crippen LogP contribution in [0.5, 0.6) is 17.2 Å². The molecule has 6 heteroatoms. The van der Waals surface area contributed by atoms with E-state index in [-0.39, 0.29) is 36.1 Å². The fraction of sp³-hybridized carbons (Fsp3) is 0.385. The van der Waals surface area contributed by atoms with Crippen molar-refractivity contribution in [3.8, 4) is 17.2 Å². The van der Waals surface area contributed by atoms with Crippen LogP contribution in [0.2, 0.25) is 0 Å². The third kappa shape index (κ3) is 4.22. The zero-order chi connectivity index (χ0) is 22.8. The van der Waals surface area contributed by atoms with Gasteiger partial charge in [0.05, 0.1) is 20.3 Å². The highest BCUT2D eigenvalue weighted by atomic mass is 16.5. The molecule has 32 heavy (non-hydrogen) atoms. The summed E-state index contributed by atoms with van der Waals surface area (Å²) in [6.45, 7) is 3.93. The Hall–Kier alpha value is -3.28. The van der Waals surface area contributed by atoms with Crippen LogP contribution in [0.1, 0.15) is 56.1 Å². The maximum atomic E-state index is 13.4. The van der Waals surface area contributed by atoms with Crippen LogP contribution >= 0.6 is 0 Å². The first-order chi connectivity index (χ1) is 15.4. The molecule has 0 saturated carbocycles. The van der Waals surface area contributed by atoms with E-state index in [9.17, 15) is 9.59 Å². The fourth-order valence-electron chi connectivity index (χ4n) is 4.71. The van der Waals surface area contributed by atoms with Crippen LogP contribution in [-0.2, 0) is 9.59 Å². The predicted molar refractivity (Wildman–Crippen MR) is 121 cm³/mol. The van der Waals surface area contributed by atoms with Crippen LogP contribution < -0.4 is 19.5 Å². The molecule has 0 aromatic heterocycles. The van der Waals surface area contributed by atoms with Crippen molar-refractivity contribution in [2.45, 2.75) is 51.0 Å². The number of rotatable bonds is 6. The van der Waals surface area contributed by atoms with Crippen molar-refractivity contribution in [2.75, 3.05) is 14.2 Å². The third-order valence-corrected chi connectivity index (χ3v) is 6.07. The molecule has 1 amide bonds. The van der Waals surface area contributed by atoms with E-state index in [4.69, 9.17) is 14.2 Å². The molecule has 1 aliphatic carbocycles. The number of nitrogens with one attached hydrogen (secondary N) is 1. The summed E-state index contributed by atoms with van der Waals surface area (Å²) in [5.74, 6) is 1.66. The van der Waals surface area contributed by atoms with Crippen LogP contribution in [0.3, 0.4) is 0 Å². The van der Waals surface area contributed by atoms with Crippen molar-refractivity contribution < 1.29 is 23.8 Å². The Morgan fingerprint density at radius 1 is 0.906 bits per heavy atom. The average Bonchev–Trinajstić information content (AvgIpc) is 2.78. The Bertz CT molecular complexity index is 1070. The van der Waals surface area contributed by atoms with Gasteiger partial charge < -0.3 is 19.5 Å². The summed E-state index contributed by atoms with van der Waals surface area (Å²) >= 11 is 0. The van der Waals surface area contributed by atoms with E-state index in [0.29, 0.717) is 35.7 Å². The normalized spacial score (nSPS) is 20.7. The van der Waals surface area contributed by atoms with Gasteiger partial charge in [-0.2, -0.15) is 0 Å². The molecule has 0 saturated heterocycles. The monoisotopic (exact) mass is 435 g/mol. The molecular formula is C26H29NO5. The maximum Gasteiger partial charge on any atom is 0.225 e. The molecule has 0 bridgehead atoms. The Kier molecular flexibility index (Phi) is 6.21. The minimum Gasteiger partial charge on any atom is -0.496 e. The summed E-state index contributed by atoms with van der Waals surface area (Å²) in [6.07, 6.45) is 1.24. The average molecular weight is 436 g/mol. The zero-order valence-corrected chi connectivity index (χ0v) is 18.9. The van der Waals surface area contributed by atoms with Crippen LogP contribution in [0.15, 0.2) is 53.7 Å². The summed E-state index contributed by atoms with van der Waals surface area (Å²) in [7, 11) is 3.22. The van der Waals surface area contributed by atoms with Gasteiger partial charge in [-0.3, -0.25) is 9.59 Å². The third-order valence-electron chi connectivity index (χ3n) is 6.07. The van der Waals surface area contributed by atoms with Gasteiger partial charge in [0.15, 0.2) is 17.3 Å². The molecule has 0 fully saturated rings. The number of carbonyl (C=O) groups is 2. The van der Waals surface area contributed by atoms with Crippen molar-refractivity contribution in [1.82, 2.24) is 5.32 Å². The van der Waals surface area contributed by atoms with E-state index < -0.39 is 0 Å². The minimum atomic E-state index is -0.292. The first kappa shape index (κ1) is 21.9. The SMILES string of the molecule is COc1cc(C2CC(=O)C3=C(C2)NC(=O)CC3c2ccccc2OC)ccc1OC(C)C. The second-order valence-corrected chi connectivity index (χ2v) is 8.54. The summed E-state index contributed by atoms with van der Waals surface area (Å²) in [6, 6.07) is 13.4. The molecule has 2 unspecified atom stereocenters. The number of para-hydroxylation sites is 1. The topological polar surface area (TPSA) is 73.9 Å². The van der Waals surface area contributed by atoms with Gasteiger partial charge in [0.2, 0.25) is 5.91 Å². The molecule has 0 spiro atoms. The van der Waals surface area contributed by atoms with E-state index in [0.717, 1.165) is 16.8 Å². The molecule has 168 valence electrons. The lowest BCUT2D eigenvalue weighted by Crippen LogP contribution is -2.38. The Morgan fingerprint density at radius 3 is 2.38 bits per heavy atom. The highest BCUT2D eigenvalue weighted by Gasteiger charge is 2.39. The van der Waals surface area contributed by atoms with Crippen molar-refractivity contribution in [2.24, 2.45) is 0 Å². The number of ketones is 1. The van der Waals surface area contributed by atoms with Crippen LogP contribution in [0, 0.1) is 0 Å². The molecule has 2 aliphatic rings. The van der Waals surface area contributed by atoms with Crippen molar-refractivity contribution >= 4 is 11.7 Å². The second kappa shape index (κ2) is 9.07. The molecule has 1 heterocycles. The van der Waals surface area contributed by atoms with Crippen molar-refractivity contribution in [3.05, 3.63) is 64.9 Å². The Balaban J connectivity index is 1.68. The molecule has 2 atom stereocenters. The summed E-state index contributed by atoms with van der Waals surface area (Å²) in [5.41, 5.74) is 3.30. The molecule has 1 aliphatic heterocycles. The number of ether oxygens (including phenoxy) is 3. The predicted octanol–water partition coefficient (Wildman–Crippen LogP) is 4.50. The second-order valence-electron chi connectivity index (χ2n) is 8.54. The first-order valence-corrected chi connectivity index (χ1v) is 10.9. The van der Waals surface area contributed by atoms with E-state index in [1.165, 1.54) is 0 Å².